The van der Waals surface area contributed by atoms with Crippen LogP contribution in [0.5, 0.6) is 11.5 Å². The van der Waals surface area contributed by atoms with Gasteiger partial charge in [0, 0.05) is 21.3 Å². The molecular weight excluding hydrogens is 527 g/mol. The maximum absolute atomic E-state index is 13.5. The molecule has 5 rings (SSSR count). The average Bonchev–Trinajstić information content (AvgIpc) is 3.36. The fourth-order valence-electron chi connectivity index (χ4n) is 4.94. The number of carbonyl (C=O) groups is 1. The van der Waals surface area contributed by atoms with Crippen molar-refractivity contribution in [2.45, 2.75) is 64.7 Å². The van der Waals surface area contributed by atoms with E-state index in [1.54, 1.807) is 16.8 Å². The van der Waals surface area contributed by atoms with Crippen molar-refractivity contribution in [3.63, 3.8) is 0 Å². The molecule has 8 nitrogen and oxygen atoms in total. The number of anilines is 1. The van der Waals surface area contributed by atoms with E-state index in [2.05, 4.69) is 15.4 Å². The van der Waals surface area contributed by atoms with Gasteiger partial charge in [-0.3, -0.25) is 0 Å². The molecule has 38 heavy (non-hydrogen) atoms. The molecule has 200 valence electrons. The average molecular weight is 557 g/mol. The van der Waals surface area contributed by atoms with Crippen LogP contribution in [0.25, 0.3) is 0 Å². The van der Waals surface area contributed by atoms with Crippen molar-refractivity contribution in [3.05, 3.63) is 75.2 Å². The topological polar surface area (TPSA) is 87.5 Å². The molecule has 1 unspecified atom stereocenters. The number of nitrogens with zero attached hydrogens (tertiary/aromatic N) is 3. The Morgan fingerprint density at radius 3 is 2.66 bits per heavy atom. The molecule has 2 aliphatic rings. The molecule has 1 N–H and O–H groups in total. The van der Waals surface area contributed by atoms with Gasteiger partial charge in [0.2, 0.25) is 5.95 Å². The van der Waals surface area contributed by atoms with Crippen molar-refractivity contribution in [1.82, 2.24) is 14.8 Å². The maximum Gasteiger partial charge on any atom is 0.338 e. The molecule has 0 spiro atoms. The van der Waals surface area contributed by atoms with Crippen LogP contribution in [-0.4, -0.2) is 33.4 Å². The van der Waals surface area contributed by atoms with E-state index in [9.17, 15) is 4.79 Å². The number of nitrogens with one attached hydrogen (secondary N) is 1. The molecular formula is C28H30Cl2N4O4. The molecule has 3 aromatic rings. The van der Waals surface area contributed by atoms with E-state index in [1.807, 2.05) is 38.1 Å². The summed E-state index contributed by atoms with van der Waals surface area (Å²) in [5.74, 6) is 1.32. The predicted molar refractivity (Wildman–Crippen MR) is 146 cm³/mol. The van der Waals surface area contributed by atoms with Crippen LogP contribution in [0.2, 0.25) is 10.0 Å². The Morgan fingerprint density at radius 2 is 1.89 bits per heavy atom. The standard InChI is InChI=1S/C28H30Cl2N4O4/c1-3-36-24-13-18(10-12-23(24)37-15-19-9-11-20(29)14-22(19)30)26-25(17(2)33-28-31-16-32-34(26)28)27(35)38-21-7-5-4-6-8-21/h9-14,16,21,26H,3-8,15H2,1-2H3,(H,31,32,33). The van der Waals surface area contributed by atoms with E-state index in [1.165, 1.54) is 12.7 Å². The number of benzene rings is 2. The number of rotatable bonds is 8. The molecule has 2 heterocycles. The Hall–Kier alpha value is -3.23. The highest BCUT2D eigenvalue weighted by Gasteiger charge is 2.36. The van der Waals surface area contributed by atoms with Gasteiger partial charge in [-0.15, -0.1) is 0 Å². The van der Waals surface area contributed by atoms with E-state index >= 15 is 0 Å². The Morgan fingerprint density at radius 1 is 1.08 bits per heavy atom. The summed E-state index contributed by atoms with van der Waals surface area (Å²) in [7, 11) is 0. The minimum Gasteiger partial charge on any atom is -0.490 e. The molecule has 10 heteroatoms. The molecule has 1 saturated carbocycles. The van der Waals surface area contributed by atoms with E-state index in [-0.39, 0.29) is 18.7 Å². The number of allylic oxidation sites excluding steroid dienone is 1. The summed E-state index contributed by atoms with van der Waals surface area (Å²) in [6.45, 7) is 4.45. The van der Waals surface area contributed by atoms with Crippen LogP contribution in [0.15, 0.2) is 54.0 Å². The SMILES string of the molecule is CCOc1cc(C2C(C(=O)OC3CCCCC3)=C(C)Nc3ncnn32)ccc1OCc1ccc(Cl)cc1Cl. The quantitative estimate of drug-likeness (QED) is 0.308. The van der Waals surface area contributed by atoms with Crippen LogP contribution in [-0.2, 0) is 16.1 Å². The van der Waals surface area contributed by atoms with E-state index in [0.29, 0.717) is 45.4 Å². The van der Waals surface area contributed by atoms with Gasteiger partial charge in [0.15, 0.2) is 11.5 Å². The lowest BCUT2D eigenvalue weighted by Gasteiger charge is -2.30. The van der Waals surface area contributed by atoms with E-state index in [4.69, 9.17) is 37.4 Å². The summed E-state index contributed by atoms with van der Waals surface area (Å²) < 4.78 is 19.7. The van der Waals surface area contributed by atoms with Crippen molar-refractivity contribution in [1.29, 1.82) is 0 Å². The lowest BCUT2D eigenvalue weighted by Crippen LogP contribution is -2.32. The summed E-state index contributed by atoms with van der Waals surface area (Å²) in [5.41, 5.74) is 2.79. The Labute approximate surface area is 231 Å². The third-order valence-electron chi connectivity index (χ3n) is 6.82. The van der Waals surface area contributed by atoms with Crippen LogP contribution in [0, 0.1) is 0 Å². The van der Waals surface area contributed by atoms with Crippen molar-refractivity contribution in [3.8, 4) is 11.5 Å². The summed E-state index contributed by atoms with van der Waals surface area (Å²) in [4.78, 5) is 17.8. The molecule has 0 radical (unpaired) electrons. The summed E-state index contributed by atoms with van der Waals surface area (Å²) in [5, 5.41) is 8.71. The second kappa shape index (κ2) is 11.7. The smallest absolute Gasteiger partial charge is 0.338 e. The number of hydrogen-bond donors (Lipinski definition) is 1. The highest BCUT2D eigenvalue weighted by molar-refractivity contribution is 6.35. The number of aromatic nitrogens is 3. The third kappa shape index (κ3) is 5.61. The Balaban J connectivity index is 1.45. The number of hydrogen-bond acceptors (Lipinski definition) is 7. The molecule has 1 fully saturated rings. The molecule has 0 bridgehead atoms. The second-order valence-corrected chi connectivity index (χ2v) is 10.3. The van der Waals surface area contributed by atoms with Crippen LogP contribution >= 0.6 is 23.2 Å². The largest absolute Gasteiger partial charge is 0.490 e. The van der Waals surface area contributed by atoms with Gasteiger partial charge in [-0.2, -0.15) is 10.1 Å². The highest BCUT2D eigenvalue weighted by atomic mass is 35.5. The molecule has 1 aromatic heterocycles. The van der Waals surface area contributed by atoms with Gasteiger partial charge in [-0.1, -0.05) is 41.8 Å². The van der Waals surface area contributed by atoms with Crippen LogP contribution < -0.4 is 14.8 Å². The first kappa shape index (κ1) is 26.4. The zero-order chi connectivity index (χ0) is 26.6. The van der Waals surface area contributed by atoms with E-state index in [0.717, 1.165) is 36.8 Å². The zero-order valence-corrected chi connectivity index (χ0v) is 22.9. The zero-order valence-electron chi connectivity index (χ0n) is 21.4. The summed E-state index contributed by atoms with van der Waals surface area (Å²) in [6.07, 6.45) is 6.52. The van der Waals surface area contributed by atoms with Gasteiger partial charge < -0.3 is 19.5 Å². The van der Waals surface area contributed by atoms with Gasteiger partial charge in [0.1, 0.15) is 25.1 Å². The van der Waals surface area contributed by atoms with Gasteiger partial charge in [0.25, 0.3) is 0 Å². The Bertz CT molecular complexity index is 1350. The van der Waals surface area contributed by atoms with Gasteiger partial charge in [-0.05, 0) is 69.4 Å². The first-order chi connectivity index (χ1) is 18.4. The fraction of sp³-hybridized carbons (Fsp3) is 0.393. The van der Waals surface area contributed by atoms with E-state index < -0.39 is 6.04 Å². The third-order valence-corrected chi connectivity index (χ3v) is 7.41. The minimum absolute atomic E-state index is 0.0659. The van der Waals surface area contributed by atoms with Crippen molar-refractivity contribution in [2.24, 2.45) is 0 Å². The normalized spacial score (nSPS) is 17.5. The van der Waals surface area contributed by atoms with Crippen molar-refractivity contribution >= 4 is 35.1 Å². The lowest BCUT2D eigenvalue weighted by molar-refractivity contribution is -0.146. The number of halogens is 2. The van der Waals surface area contributed by atoms with Crippen molar-refractivity contribution in [2.75, 3.05) is 11.9 Å². The molecule has 0 saturated heterocycles. The van der Waals surface area contributed by atoms with Gasteiger partial charge in [-0.25, -0.2) is 9.48 Å². The number of ether oxygens (including phenoxy) is 3. The summed E-state index contributed by atoms with van der Waals surface area (Å²) in [6, 6.07) is 10.4. The molecule has 0 amide bonds. The van der Waals surface area contributed by atoms with Crippen LogP contribution in [0.4, 0.5) is 5.95 Å². The lowest BCUT2D eigenvalue weighted by atomic mass is 9.94. The highest BCUT2D eigenvalue weighted by Crippen LogP contribution is 2.40. The molecule has 1 aliphatic heterocycles. The fourth-order valence-corrected chi connectivity index (χ4v) is 5.40. The number of carbonyl (C=O) groups excluding carboxylic acids is 1. The van der Waals surface area contributed by atoms with Gasteiger partial charge >= 0.3 is 5.97 Å². The second-order valence-electron chi connectivity index (χ2n) is 9.42. The molecule has 2 aromatic carbocycles. The maximum atomic E-state index is 13.5. The number of esters is 1. The van der Waals surface area contributed by atoms with Crippen molar-refractivity contribution < 1.29 is 19.0 Å². The minimum atomic E-state index is -0.538. The first-order valence-corrected chi connectivity index (χ1v) is 13.6. The molecule has 1 aliphatic carbocycles. The van der Waals surface area contributed by atoms with Crippen LogP contribution in [0.1, 0.15) is 63.1 Å². The first-order valence-electron chi connectivity index (χ1n) is 12.9. The summed E-state index contributed by atoms with van der Waals surface area (Å²) >= 11 is 12.3. The number of fused-ring (bicyclic) bond motifs is 1. The monoisotopic (exact) mass is 556 g/mol. The molecule has 1 atom stereocenters. The predicted octanol–water partition coefficient (Wildman–Crippen LogP) is 6.73. The Kier molecular flexibility index (Phi) is 8.09. The van der Waals surface area contributed by atoms with Gasteiger partial charge in [0.05, 0.1) is 12.2 Å². The van der Waals surface area contributed by atoms with Crippen LogP contribution in [0.3, 0.4) is 0 Å².